The number of fused-ring (bicyclic) bond motifs is 2. The molecule has 2 saturated carbocycles. The van der Waals surface area contributed by atoms with Crippen molar-refractivity contribution in [2.75, 3.05) is 0 Å². The Morgan fingerprint density at radius 1 is 1.03 bits per heavy atom. The summed E-state index contributed by atoms with van der Waals surface area (Å²) in [5.74, 6) is 0.0361. The predicted octanol–water partition coefficient (Wildman–Crippen LogP) is 4.62. The highest BCUT2D eigenvalue weighted by atomic mass is 19.1. The zero-order chi connectivity index (χ0) is 21.4. The molecule has 0 atom stereocenters. The van der Waals surface area contributed by atoms with Gasteiger partial charge >= 0.3 is 5.97 Å². The maximum Gasteiger partial charge on any atom is 0.339 e. The Labute approximate surface area is 181 Å². The number of amides is 1. The smallest absolute Gasteiger partial charge is 0.339 e. The van der Waals surface area contributed by atoms with Crippen LogP contribution in [-0.2, 0) is 15.1 Å². The molecular weight excluding hydrogens is 395 g/mol. The fraction of sp³-hybridized carbons (Fsp3) is 0.480. The monoisotopic (exact) mass is 422 g/mol. The molecule has 2 fully saturated rings. The minimum Gasteiger partial charge on any atom is -0.450 e. The first-order valence-electron chi connectivity index (χ1n) is 11.3. The lowest BCUT2D eigenvalue weighted by molar-refractivity contribution is -0.129. The number of aromatic nitrogens is 1. The van der Waals surface area contributed by atoms with E-state index in [0.29, 0.717) is 37.2 Å². The first-order chi connectivity index (χ1) is 15.0. The van der Waals surface area contributed by atoms with Crippen molar-refractivity contribution in [3.8, 4) is 0 Å². The van der Waals surface area contributed by atoms with Crippen LogP contribution in [0.1, 0.15) is 78.8 Å². The third kappa shape index (κ3) is 3.84. The van der Waals surface area contributed by atoms with E-state index in [1.165, 1.54) is 17.7 Å². The van der Waals surface area contributed by atoms with Gasteiger partial charge in [0.2, 0.25) is 5.91 Å². The zero-order valence-electron chi connectivity index (χ0n) is 17.5. The first-order valence-corrected chi connectivity index (χ1v) is 11.3. The Bertz CT molecular complexity index is 975. The second kappa shape index (κ2) is 8.06. The van der Waals surface area contributed by atoms with Crippen molar-refractivity contribution < 1.29 is 18.7 Å². The molecule has 2 heterocycles. The molecule has 1 amide bonds. The zero-order valence-corrected chi connectivity index (χ0v) is 17.5. The number of benzene rings is 1. The molecule has 1 spiro atoms. The van der Waals surface area contributed by atoms with Gasteiger partial charge in [-0.3, -0.25) is 9.78 Å². The third-order valence-corrected chi connectivity index (χ3v) is 7.40. The van der Waals surface area contributed by atoms with E-state index < -0.39 is 5.60 Å². The Hall–Kier alpha value is -2.76. The summed E-state index contributed by atoms with van der Waals surface area (Å²) < 4.78 is 18.9. The minimum atomic E-state index is -0.606. The van der Waals surface area contributed by atoms with Crippen molar-refractivity contribution in [3.63, 3.8) is 0 Å². The summed E-state index contributed by atoms with van der Waals surface area (Å²) in [6, 6.07) is 8.72. The fourth-order valence-electron chi connectivity index (χ4n) is 5.57. The van der Waals surface area contributed by atoms with Crippen LogP contribution in [0.5, 0.6) is 0 Å². The molecule has 2 aliphatic carbocycles. The molecule has 0 radical (unpaired) electrons. The van der Waals surface area contributed by atoms with Crippen LogP contribution in [0.3, 0.4) is 0 Å². The molecule has 0 unspecified atom stereocenters. The van der Waals surface area contributed by atoms with E-state index in [9.17, 15) is 14.0 Å². The predicted molar refractivity (Wildman–Crippen MR) is 113 cm³/mol. The maximum atomic E-state index is 13.2. The van der Waals surface area contributed by atoms with Gasteiger partial charge in [0.05, 0.1) is 5.56 Å². The maximum absolute atomic E-state index is 13.2. The molecule has 5 nitrogen and oxygen atoms in total. The summed E-state index contributed by atoms with van der Waals surface area (Å²) in [4.78, 5) is 29.3. The van der Waals surface area contributed by atoms with Gasteiger partial charge in [-0.1, -0.05) is 12.1 Å². The highest BCUT2D eigenvalue weighted by Gasteiger charge is 2.48. The fourth-order valence-corrected chi connectivity index (χ4v) is 5.57. The van der Waals surface area contributed by atoms with E-state index >= 15 is 0 Å². The van der Waals surface area contributed by atoms with Crippen molar-refractivity contribution in [2.24, 2.45) is 5.92 Å². The molecule has 1 aliphatic heterocycles. The summed E-state index contributed by atoms with van der Waals surface area (Å²) >= 11 is 0. The van der Waals surface area contributed by atoms with Crippen LogP contribution in [0.15, 0.2) is 42.7 Å². The Balaban J connectivity index is 1.14. The average molecular weight is 423 g/mol. The topological polar surface area (TPSA) is 68.3 Å². The van der Waals surface area contributed by atoms with Gasteiger partial charge in [0.1, 0.15) is 11.4 Å². The second-order valence-corrected chi connectivity index (χ2v) is 9.19. The Morgan fingerprint density at radius 2 is 1.74 bits per heavy atom. The number of pyridine rings is 1. The molecule has 2 aromatic rings. The normalized spacial score (nSPS) is 30.0. The number of hydrogen-bond donors (Lipinski definition) is 1. The van der Waals surface area contributed by atoms with Gasteiger partial charge in [-0.15, -0.1) is 0 Å². The van der Waals surface area contributed by atoms with Crippen LogP contribution in [0.2, 0.25) is 0 Å². The van der Waals surface area contributed by atoms with E-state index in [1.807, 2.05) is 12.1 Å². The van der Waals surface area contributed by atoms with Crippen LogP contribution in [0.4, 0.5) is 4.39 Å². The molecule has 1 aromatic carbocycles. The largest absolute Gasteiger partial charge is 0.450 e. The van der Waals surface area contributed by atoms with Gasteiger partial charge in [-0.2, -0.15) is 0 Å². The van der Waals surface area contributed by atoms with Crippen molar-refractivity contribution >= 4 is 11.9 Å². The van der Waals surface area contributed by atoms with Crippen molar-refractivity contribution in [1.29, 1.82) is 0 Å². The lowest BCUT2D eigenvalue weighted by Gasteiger charge is -2.36. The average Bonchev–Trinajstić information content (AvgIpc) is 3.07. The number of esters is 1. The molecule has 3 aliphatic rings. The number of hydrogen-bond acceptors (Lipinski definition) is 4. The van der Waals surface area contributed by atoms with Crippen LogP contribution in [0.25, 0.3) is 0 Å². The van der Waals surface area contributed by atoms with Crippen LogP contribution in [-0.4, -0.2) is 22.9 Å². The van der Waals surface area contributed by atoms with E-state index in [2.05, 4.69) is 10.3 Å². The van der Waals surface area contributed by atoms with Crippen LogP contribution in [0, 0.1) is 11.7 Å². The quantitative estimate of drug-likeness (QED) is 0.733. The number of carbonyl (C=O) groups is 2. The van der Waals surface area contributed by atoms with E-state index in [1.54, 1.807) is 18.5 Å². The minimum absolute atomic E-state index is 0.0418. The summed E-state index contributed by atoms with van der Waals surface area (Å²) in [5.41, 5.74) is 2.06. The Morgan fingerprint density at radius 3 is 2.45 bits per heavy atom. The SMILES string of the molecule is O=C1OC2(CCC(C(=O)N[C@H]3CC[C@H](c4ccc(F)cc4)CC3)CC2)c2cnccc21. The second-order valence-electron chi connectivity index (χ2n) is 9.19. The van der Waals surface area contributed by atoms with E-state index in [4.69, 9.17) is 4.74 Å². The number of rotatable bonds is 3. The molecule has 0 bridgehead atoms. The molecular formula is C25H27FN2O3. The molecule has 5 rings (SSSR count). The number of ether oxygens (including phenoxy) is 1. The van der Waals surface area contributed by atoms with Crippen LogP contribution >= 0.6 is 0 Å². The van der Waals surface area contributed by atoms with Crippen molar-refractivity contribution in [3.05, 3.63) is 65.2 Å². The lowest BCUT2D eigenvalue weighted by atomic mass is 9.75. The standard InChI is InChI=1S/C25H27FN2O3/c26-19-5-1-16(2-6-19)17-3-7-20(8-4-17)28-23(29)18-9-12-25(13-10-18)22-15-27-14-11-21(22)24(30)31-25/h1-2,5-6,11,14-15,17-18,20H,3-4,7-10,12-13H2,(H,28,29)/t17-,18?,20-,25?. The lowest BCUT2D eigenvalue weighted by Crippen LogP contribution is -2.43. The van der Waals surface area contributed by atoms with Crippen LogP contribution < -0.4 is 5.32 Å². The first kappa shape index (κ1) is 20.2. The van der Waals surface area contributed by atoms with E-state index in [0.717, 1.165) is 31.2 Å². The molecule has 1 N–H and O–H groups in total. The molecule has 31 heavy (non-hydrogen) atoms. The number of nitrogens with zero attached hydrogens (tertiary/aromatic N) is 1. The number of halogens is 1. The van der Waals surface area contributed by atoms with Gasteiger partial charge in [-0.05, 0) is 81.0 Å². The molecule has 162 valence electrons. The summed E-state index contributed by atoms with van der Waals surface area (Å²) in [7, 11) is 0. The molecule has 1 aromatic heterocycles. The van der Waals surface area contributed by atoms with Gasteiger partial charge in [0.15, 0.2) is 0 Å². The Kier molecular flexibility index (Phi) is 5.24. The van der Waals surface area contributed by atoms with Gasteiger partial charge in [-0.25, -0.2) is 9.18 Å². The third-order valence-electron chi connectivity index (χ3n) is 7.40. The van der Waals surface area contributed by atoms with Gasteiger partial charge in [0.25, 0.3) is 0 Å². The number of nitrogens with one attached hydrogen (secondary N) is 1. The van der Waals surface area contributed by atoms with Gasteiger partial charge in [0, 0.05) is 29.9 Å². The summed E-state index contributed by atoms with van der Waals surface area (Å²) in [6.45, 7) is 0. The van der Waals surface area contributed by atoms with E-state index in [-0.39, 0.29) is 29.7 Å². The van der Waals surface area contributed by atoms with Crippen molar-refractivity contribution in [1.82, 2.24) is 10.3 Å². The van der Waals surface area contributed by atoms with Gasteiger partial charge < -0.3 is 10.1 Å². The summed E-state index contributed by atoms with van der Waals surface area (Å²) in [5, 5.41) is 3.26. The molecule has 0 saturated heterocycles. The molecule has 6 heteroatoms. The van der Waals surface area contributed by atoms with Crippen molar-refractivity contribution in [2.45, 2.75) is 68.9 Å². The number of carbonyl (C=O) groups excluding carboxylic acids is 2. The highest BCUT2D eigenvalue weighted by Crippen LogP contribution is 2.47. The highest BCUT2D eigenvalue weighted by molar-refractivity contribution is 5.94. The summed E-state index contributed by atoms with van der Waals surface area (Å²) in [6.07, 6.45) is 9.98.